The van der Waals surface area contributed by atoms with Crippen molar-refractivity contribution in [3.8, 4) is 5.75 Å². The summed E-state index contributed by atoms with van der Waals surface area (Å²) < 4.78 is 31.7. The number of thiophene rings is 1. The van der Waals surface area contributed by atoms with E-state index in [1.54, 1.807) is 41.8 Å². The molecule has 0 radical (unpaired) electrons. The average molecular weight is 478 g/mol. The van der Waals surface area contributed by atoms with E-state index in [9.17, 15) is 18.0 Å². The van der Waals surface area contributed by atoms with Crippen LogP contribution < -0.4 is 14.9 Å². The molecule has 0 saturated carbocycles. The average Bonchev–Trinajstić information content (AvgIpc) is 3.29. The molecule has 8 nitrogen and oxygen atoms in total. The number of rotatable bonds is 8. The number of carbonyl (C=O) groups excluding carboxylic acids is 2. The molecule has 0 saturated heterocycles. The first-order chi connectivity index (χ1) is 14.8. The molecule has 0 aliphatic heterocycles. The van der Waals surface area contributed by atoms with Crippen LogP contribution in [0.4, 0.5) is 0 Å². The van der Waals surface area contributed by atoms with E-state index in [2.05, 4.69) is 15.2 Å². The Hall–Kier alpha value is -3.05. The predicted molar refractivity (Wildman–Crippen MR) is 118 cm³/mol. The molecule has 0 spiro atoms. The zero-order chi connectivity index (χ0) is 22.3. The number of hydrazone groups is 1. The number of hydrogen-bond donors (Lipinski definition) is 2. The highest BCUT2D eigenvalue weighted by Gasteiger charge is 2.15. The van der Waals surface area contributed by atoms with Crippen LogP contribution in [0.2, 0.25) is 5.02 Å². The van der Waals surface area contributed by atoms with E-state index in [1.165, 1.54) is 41.8 Å². The second kappa shape index (κ2) is 10.3. The Morgan fingerprint density at radius 1 is 1.06 bits per heavy atom. The summed E-state index contributed by atoms with van der Waals surface area (Å²) in [5, 5.41) is 5.96. The molecule has 0 atom stereocenters. The molecule has 31 heavy (non-hydrogen) atoms. The number of sulfonamides is 1. The highest BCUT2D eigenvalue weighted by atomic mass is 35.5. The number of amides is 1. The highest BCUT2D eigenvalue weighted by molar-refractivity contribution is 7.89. The van der Waals surface area contributed by atoms with Crippen LogP contribution in [0.5, 0.6) is 5.75 Å². The maximum Gasteiger partial charge on any atom is 0.353 e. The van der Waals surface area contributed by atoms with Crippen molar-refractivity contribution in [3.63, 3.8) is 0 Å². The van der Waals surface area contributed by atoms with Gasteiger partial charge in [-0.15, -0.1) is 11.3 Å². The first-order valence-corrected chi connectivity index (χ1v) is 11.5. The maximum absolute atomic E-state index is 12.1. The molecule has 2 N–H and O–H groups in total. The van der Waals surface area contributed by atoms with Crippen molar-refractivity contribution in [2.45, 2.75) is 4.90 Å². The van der Waals surface area contributed by atoms with Gasteiger partial charge >= 0.3 is 5.97 Å². The molecular weight excluding hydrogens is 462 g/mol. The van der Waals surface area contributed by atoms with Crippen LogP contribution in [-0.4, -0.2) is 33.1 Å². The summed E-state index contributed by atoms with van der Waals surface area (Å²) in [6, 6.07) is 15.5. The molecule has 3 rings (SSSR count). The van der Waals surface area contributed by atoms with Crippen LogP contribution in [0.1, 0.15) is 15.2 Å². The van der Waals surface area contributed by atoms with Gasteiger partial charge in [-0.1, -0.05) is 17.7 Å². The molecule has 2 aromatic carbocycles. The predicted octanol–water partition coefficient (Wildman–Crippen LogP) is 3.05. The lowest BCUT2D eigenvalue weighted by molar-refractivity contribution is -0.119. The second-order valence-electron chi connectivity index (χ2n) is 6.01. The van der Waals surface area contributed by atoms with Crippen molar-refractivity contribution >= 4 is 51.1 Å². The molecule has 11 heteroatoms. The van der Waals surface area contributed by atoms with E-state index < -0.39 is 28.4 Å². The summed E-state index contributed by atoms with van der Waals surface area (Å²) in [5.74, 6) is -0.712. The number of halogens is 1. The fourth-order valence-corrected chi connectivity index (χ4v) is 3.96. The summed E-state index contributed by atoms with van der Waals surface area (Å²) in [5.41, 5.74) is 2.87. The van der Waals surface area contributed by atoms with Gasteiger partial charge in [0.05, 0.1) is 17.7 Å². The van der Waals surface area contributed by atoms with Crippen LogP contribution in [0.25, 0.3) is 0 Å². The second-order valence-corrected chi connectivity index (χ2v) is 9.16. The Balaban J connectivity index is 1.47. The smallest absolute Gasteiger partial charge is 0.353 e. The number of nitrogens with one attached hydrogen (secondary N) is 2. The van der Waals surface area contributed by atoms with Crippen LogP contribution in [0.15, 0.2) is 76.0 Å². The Morgan fingerprint density at radius 2 is 1.77 bits per heavy atom. The first-order valence-electron chi connectivity index (χ1n) is 8.76. The van der Waals surface area contributed by atoms with Gasteiger partial charge in [0.2, 0.25) is 10.0 Å². The van der Waals surface area contributed by atoms with Crippen molar-refractivity contribution in [2.24, 2.45) is 5.10 Å². The Bertz CT molecular complexity index is 1180. The lowest BCUT2D eigenvalue weighted by atomic mass is 10.2. The summed E-state index contributed by atoms with van der Waals surface area (Å²) in [4.78, 5) is 24.2. The molecule has 0 aliphatic carbocycles. The van der Waals surface area contributed by atoms with E-state index in [4.69, 9.17) is 16.3 Å². The molecule has 1 aromatic heterocycles. The van der Waals surface area contributed by atoms with Crippen LogP contribution in [0, 0.1) is 0 Å². The number of benzene rings is 2. The SMILES string of the molecule is O=C(CNS(=O)(=O)c1ccc(Cl)cc1)N/N=C\c1ccc(OC(=O)c2cccs2)cc1. The van der Waals surface area contributed by atoms with Crippen molar-refractivity contribution in [3.05, 3.63) is 81.5 Å². The molecule has 160 valence electrons. The third-order valence-electron chi connectivity index (χ3n) is 3.76. The third kappa shape index (κ3) is 6.72. The van der Waals surface area contributed by atoms with Gasteiger partial charge in [-0.05, 0) is 65.5 Å². The van der Waals surface area contributed by atoms with Gasteiger partial charge in [-0.3, -0.25) is 4.79 Å². The Morgan fingerprint density at radius 3 is 2.42 bits per heavy atom. The fraction of sp³-hybridized carbons (Fsp3) is 0.0500. The number of esters is 1. The molecular formula is C20H16ClN3O5S2. The van der Waals surface area contributed by atoms with Crippen molar-refractivity contribution in [1.29, 1.82) is 0 Å². The lowest BCUT2D eigenvalue weighted by Gasteiger charge is -2.06. The molecule has 0 aliphatic rings. The minimum Gasteiger partial charge on any atom is -0.422 e. The molecule has 0 bridgehead atoms. The standard InChI is InChI=1S/C20H16ClN3O5S2/c21-15-5-9-17(10-6-15)31(27,28)23-13-19(25)24-22-12-14-3-7-16(8-4-14)29-20(26)18-2-1-11-30-18/h1-12,23H,13H2,(H,24,25)/b22-12-. The molecule has 0 fully saturated rings. The molecule has 3 aromatic rings. The van der Waals surface area contributed by atoms with Crippen LogP contribution in [0.3, 0.4) is 0 Å². The third-order valence-corrected chi connectivity index (χ3v) is 6.28. The normalized spacial score (nSPS) is 11.4. The van der Waals surface area contributed by atoms with Gasteiger partial charge in [0.1, 0.15) is 10.6 Å². The Kier molecular flexibility index (Phi) is 7.53. The van der Waals surface area contributed by atoms with Gasteiger partial charge in [-0.25, -0.2) is 23.4 Å². The first kappa shape index (κ1) is 22.6. The summed E-state index contributed by atoms with van der Waals surface area (Å²) in [6.07, 6.45) is 1.37. The summed E-state index contributed by atoms with van der Waals surface area (Å²) in [7, 11) is -3.84. The number of ether oxygens (including phenoxy) is 1. The zero-order valence-corrected chi connectivity index (χ0v) is 18.2. The number of hydrogen-bond acceptors (Lipinski definition) is 7. The van der Waals surface area contributed by atoms with E-state index in [0.29, 0.717) is 21.2 Å². The van der Waals surface area contributed by atoms with Crippen LogP contribution in [-0.2, 0) is 14.8 Å². The van der Waals surface area contributed by atoms with Crippen molar-refractivity contribution in [1.82, 2.24) is 10.1 Å². The van der Waals surface area contributed by atoms with Gasteiger partial charge in [0.15, 0.2) is 0 Å². The fourth-order valence-electron chi connectivity index (χ4n) is 2.25. The zero-order valence-electron chi connectivity index (χ0n) is 15.8. The maximum atomic E-state index is 12.1. The van der Waals surface area contributed by atoms with Crippen molar-refractivity contribution < 1.29 is 22.7 Å². The molecule has 1 heterocycles. The summed E-state index contributed by atoms with van der Waals surface area (Å²) in [6.45, 7) is -0.486. The number of nitrogens with zero attached hydrogens (tertiary/aromatic N) is 1. The lowest BCUT2D eigenvalue weighted by Crippen LogP contribution is -2.34. The van der Waals surface area contributed by atoms with Gasteiger partial charge in [0.25, 0.3) is 5.91 Å². The van der Waals surface area contributed by atoms with Crippen LogP contribution >= 0.6 is 22.9 Å². The van der Waals surface area contributed by atoms with E-state index in [1.807, 2.05) is 0 Å². The highest BCUT2D eigenvalue weighted by Crippen LogP contribution is 2.16. The topological polar surface area (TPSA) is 114 Å². The monoisotopic (exact) mass is 477 g/mol. The van der Waals surface area contributed by atoms with Gasteiger partial charge in [-0.2, -0.15) is 5.10 Å². The van der Waals surface area contributed by atoms with Crippen molar-refractivity contribution in [2.75, 3.05) is 6.54 Å². The minimum absolute atomic E-state index is 0.00642. The number of carbonyl (C=O) groups is 2. The minimum atomic E-state index is -3.84. The quantitative estimate of drug-likeness (QED) is 0.224. The Labute approximate surface area is 187 Å². The summed E-state index contributed by atoms with van der Waals surface area (Å²) >= 11 is 7.02. The van der Waals surface area contributed by atoms with Gasteiger partial charge < -0.3 is 4.74 Å². The van der Waals surface area contributed by atoms with E-state index in [-0.39, 0.29) is 4.90 Å². The molecule has 0 unspecified atom stereocenters. The van der Waals surface area contributed by atoms with Gasteiger partial charge in [0, 0.05) is 5.02 Å². The van der Waals surface area contributed by atoms with E-state index >= 15 is 0 Å². The largest absolute Gasteiger partial charge is 0.422 e. The van der Waals surface area contributed by atoms with E-state index in [0.717, 1.165) is 0 Å². The molecule has 1 amide bonds.